The summed E-state index contributed by atoms with van der Waals surface area (Å²) in [5, 5.41) is 2.26. The molecule has 0 aliphatic rings. The van der Waals surface area contributed by atoms with E-state index >= 15 is 0 Å². The summed E-state index contributed by atoms with van der Waals surface area (Å²) in [6.07, 6.45) is -4.00. The Morgan fingerprint density at radius 1 is 1.06 bits per heavy atom. The van der Waals surface area contributed by atoms with E-state index in [1.54, 1.807) is 13.8 Å². The van der Waals surface area contributed by atoms with Crippen LogP contribution in [0.15, 0.2) is 54.7 Å². The number of aromatic nitrogens is 1. The van der Waals surface area contributed by atoms with E-state index in [0.717, 1.165) is 30.5 Å². The zero-order valence-electron chi connectivity index (χ0n) is 17.9. The minimum atomic E-state index is -4.92. The van der Waals surface area contributed by atoms with Gasteiger partial charge in [-0.2, -0.15) is 13.2 Å². The summed E-state index contributed by atoms with van der Waals surface area (Å²) in [5.74, 6) is -3.75. The van der Waals surface area contributed by atoms with E-state index in [2.05, 4.69) is 10.3 Å². The molecule has 178 valence electrons. The molecular formula is C23H19F4N3O4. The average molecular weight is 477 g/mol. The maximum Gasteiger partial charge on any atom is 0.417 e. The molecule has 0 atom stereocenters. The van der Waals surface area contributed by atoms with Gasteiger partial charge in [-0.25, -0.2) is 4.39 Å². The number of anilines is 1. The molecule has 0 radical (unpaired) electrons. The number of rotatable bonds is 7. The number of carbonyl (C=O) groups is 2. The molecule has 1 heterocycles. The summed E-state index contributed by atoms with van der Waals surface area (Å²) in [6, 6.07) is 8.76. The highest BCUT2D eigenvalue weighted by molar-refractivity contribution is 6.08. The highest BCUT2D eigenvalue weighted by atomic mass is 19.4. The maximum atomic E-state index is 14.5. The van der Waals surface area contributed by atoms with Crippen LogP contribution < -0.4 is 20.5 Å². The first-order valence-corrected chi connectivity index (χ1v) is 9.87. The van der Waals surface area contributed by atoms with Gasteiger partial charge in [-0.1, -0.05) is 6.07 Å². The van der Waals surface area contributed by atoms with Crippen LogP contribution in [-0.4, -0.2) is 22.9 Å². The van der Waals surface area contributed by atoms with Gasteiger partial charge in [0.2, 0.25) is 0 Å². The van der Waals surface area contributed by atoms with E-state index in [0.29, 0.717) is 6.07 Å². The quantitative estimate of drug-likeness (QED) is 0.457. The van der Waals surface area contributed by atoms with Gasteiger partial charge in [-0.05, 0) is 50.2 Å². The van der Waals surface area contributed by atoms with Crippen LogP contribution in [0.25, 0.3) is 0 Å². The Kier molecular flexibility index (Phi) is 7.04. The molecule has 34 heavy (non-hydrogen) atoms. The van der Waals surface area contributed by atoms with Crippen molar-refractivity contribution in [1.82, 2.24) is 4.98 Å². The molecule has 3 rings (SSSR count). The van der Waals surface area contributed by atoms with Crippen molar-refractivity contribution >= 4 is 17.5 Å². The van der Waals surface area contributed by atoms with Crippen molar-refractivity contribution in [3.63, 3.8) is 0 Å². The Bertz CT molecular complexity index is 1230. The van der Waals surface area contributed by atoms with Crippen LogP contribution >= 0.6 is 0 Å². The van der Waals surface area contributed by atoms with Crippen molar-refractivity contribution in [3.05, 3.63) is 77.4 Å². The van der Waals surface area contributed by atoms with Gasteiger partial charge in [0, 0.05) is 18.0 Å². The summed E-state index contributed by atoms with van der Waals surface area (Å²) in [6.45, 7) is 3.48. The molecule has 0 aliphatic heterocycles. The molecule has 0 aliphatic carbocycles. The third kappa shape index (κ3) is 5.80. The molecule has 3 aromatic rings. The Morgan fingerprint density at radius 3 is 2.41 bits per heavy atom. The fraction of sp³-hybridized carbons (Fsp3) is 0.174. The number of halogens is 4. The van der Waals surface area contributed by atoms with E-state index in [1.807, 2.05) is 0 Å². The second-order valence-corrected chi connectivity index (χ2v) is 7.29. The summed E-state index contributed by atoms with van der Waals surface area (Å²) in [7, 11) is 0. The first-order chi connectivity index (χ1) is 16.0. The van der Waals surface area contributed by atoms with E-state index in [-0.39, 0.29) is 23.2 Å². The Hall–Kier alpha value is -4.15. The monoisotopic (exact) mass is 477 g/mol. The molecule has 1 aromatic heterocycles. The van der Waals surface area contributed by atoms with Crippen molar-refractivity contribution in [3.8, 4) is 17.2 Å². The number of carbonyl (C=O) groups excluding carboxylic acids is 2. The van der Waals surface area contributed by atoms with E-state index in [9.17, 15) is 27.2 Å². The first-order valence-electron chi connectivity index (χ1n) is 9.87. The lowest BCUT2D eigenvalue weighted by molar-refractivity contribution is -0.138. The summed E-state index contributed by atoms with van der Waals surface area (Å²) in [4.78, 5) is 27.9. The molecule has 2 aromatic carbocycles. The second kappa shape index (κ2) is 9.77. The predicted molar refractivity (Wildman–Crippen MR) is 114 cm³/mol. The largest absolute Gasteiger partial charge is 0.491 e. The predicted octanol–water partition coefficient (Wildman–Crippen LogP) is 5.17. The molecule has 3 N–H and O–H groups in total. The van der Waals surface area contributed by atoms with Crippen LogP contribution in [0.2, 0.25) is 0 Å². The lowest BCUT2D eigenvalue weighted by Crippen LogP contribution is -2.20. The SMILES string of the molecule is CC(C)Oc1ccc(Oc2cccc(C(F)(F)F)c2C(=O)Nc2ccnc(C(N)=O)c2)c(F)c1. The molecule has 0 bridgehead atoms. The minimum absolute atomic E-state index is 0.0295. The fourth-order valence-electron chi connectivity index (χ4n) is 2.95. The van der Waals surface area contributed by atoms with E-state index in [4.69, 9.17) is 15.2 Å². The van der Waals surface area contributed by atoms with Gasteiger partial charge < -0.3 is 20.5 Å². The van der Waals surface area contributed by atoms with Crippen LogP contribution in [-0.2, 0) is 6.18 Å². The zero-order chi connectivity index (χ0) is 25.0. The molecule has 0 fully saturated rings. The smallest absolute Gasteiger partial charge is 0.417 e. The molecule has 0 saturated carbocycles. The standard InChI is InChI=1S/C23H19F4N3O4/c1-12(2)33-14-6-7-18(16(24)11-14)34-19-5-3-4-15(23(25,26)27)20(19)22(32)30-13-8-9-29-17(10-13)21(28)31/h3-12H,1-2H3,(H2,28,31)(H,29,30,32). The van der Waals surface area contributed by atoms with Crippen molar-refractivity contribution in [2.75, 3.05) is 5.32 Å². The number of alkyl halides is 3. The molecular weight excluding hydrogens is 458 g/mol. The molecule has 0 spiro atoms. The van der Waals surface area contributed by atoms with Crippen LogP contribution in [0.3, 0.4) is 0 Å². The third-order valence-electron chi connectivity index (χ3n) is 4.32. The number of pyridine rings is 1. The number of hydrogen-bond acceptors (Lipinski definition) is 5. The van der Waals surface area contributed by atoms with Gasteiger partial charge in [-0.15, -0.1) is 0 Å². The highest BCUT2D eigenvalue weighted by Crippen LogP contribution is 2.38. The highest BCUT2D eigenvalue weighted by Gasteiger charge is 2.37. The average Bonchev–Trinajstić information content (AvgIpc) is 2.74. The minimum Gasteiger partial charge on any atom is -0.491 e. The van der Waals surface area contributed by atoms with Crippen LogP contribution in [0, 0.1) is 5.82 Å². The number of ether oxygens (including phenoxy) is 2. The summed E-state index contributed by atoms with van der Waals surface area (Å²) >= 11 is 0. The molecule has 0 unspecified atom stereocenters. The maximum absolute atomic E-state index is 14.5. The number of nitrogens with two attached hydrogens (primary N) is 1. The number of hydrogen-bond donors (Lipinski definition) is 2. The number of nitrogens with zero attached hydrogens (tertiary/aromatic N) is 1. The normalized spacial score (nSPS) is 11.3. The Labute approximate surface area is 191 Å². The fourth-order valence-corrected chi connectivity index (χ4v) is 2.95. The summed E-state index contributed by atoms with van der Waals surface area (Å²) < 4.78 is 66.4. The topological polar surface area (TPSA) is 104 Å². The van der Waals surface area contributed by atoms with Gasteiger partial charge in [0.15, 0.2) is 11.6 Å². The lowest BCUT2D eigenvalue weighted by Gasteiger charge is -2.18. The van der Waals surface area contributed by atoms with Gasteiger partial charge >= 0.3 is 6.18 Å². The molecule has 0 saturated heterocycles. The summed E-state index contributed by atoms with van der Waals surface area (Å²) in [5.41, 5.74) is 2.73. The first kappa shape index (κ1) is 24.5. The number of amides is 2. The van der Waals surface area contributed by atoms with Gasteiger partial charge in [0.1, 0.15) is 17.2 Å². The number of benzene rings is 2. The van der Waals surface area contributed by atoms with E-state index < -0.39 is 46.4 Å². The number of nitrogens with one attached hydrogen (secondary N) is 1. The Morgan fingerprint density at radius 2 is 1.79 bits per heavy atom. The molecule has 11 heteroatoms. The van der Waals surface area contributed by atoms with Crippen molar-refractivity contribution in [2.24, 2.45) is 5.73 Å². The van der Waals surface area contributed by atoms with Crippen molar-refractivity contribution in [2.45, 2.75) is 26.1 Å². The van der Waals surface area contributed by atoms with Gasteiger partial charge in [0.25, 0.3) is 11.8 Å². The third-order valence-corrected chi connectivity index (χ3v) is 4.32. The molecule has 2 amide bonds. The lowest BCUT2D eigenvalue weighted by atomic mass is 10.0. The zero-order valence-corrected chi connectivity index (χ0v) is 17.9. The van der Waals surface area contributed by atoms with Crippen LogP contribution in [0.1, 0.15) is 40.3 Å². The van der Waals surface area contributed by atoms with Crippen LogP contribution in [0.5, 0.6) is 17.2 Å². The molecule has 7 nitrogen and oxygen atoms in total. The van der Waals surface area contributed by atoms with E-state index in [1.165, 1.54) is 18.2 Å². The van der Waals surface area contributed by atoms with Gasteiger partial charge in [-0.3, -0.25) is 14.6 Å². The second-order valence-electron chi connectivity index (χ2n) is 7.29. The van der Waals surface area contributed by atoms with Crippen molar-refractivity contribution < 1.29 is 36.6 Å². The number of primary amides is 1. The Balaban J connectivity index is 2.00. The van der Waals surface area contributed by atoms with Crippen molar-refractivity contribution in [1.29, 1.82) is 0 Å². The van der Waals surface area contributed by atoms with Gasteiger partial charge in [0.05, 0.1) is 17.2 Å². The van der Waals surface area contributed by atoms with Crippen LogP contribution in [0.4, 0.5) is 23.2 Å².